The van der Waals surface area contributed by atoms with E-state index in [2.05, 4.69) is 21.5 Å². The first kappa shape index (κ1) is 22.5. The van der Waals surface area contributed by atoms with Gasteiger partial charge in [0.05, 0.1) is 14.2 Å². The van der Waals surface area contributed by atoms with Crippen molar-refractivity contribution >= 4 is 12.4 Å². The summed E-state index contributed by atoms with van der Waals surface area (Å²) in [5, 5.41) is 7.19. The Morgan fingerprint density at radius 3 is 2.52 bits per heavy atom. The van der Waals surface area contributed by atoms with Crippen LogP contribution in [-0.4, -0.2) is 30.9 Å². The van der Waals surface area contributed by atoms with Crippen LogP contribution in [0.4, 0.5) is 0 Å². The molecule has 0 spiro atoms. The summed E-state index contributed by atoms with van der Waals surface area (Å²) in [5.74, 6) is 3.24. The van der Waals surface area contributed by atoms with E-state index in [1.807, 2.05) is 36.4 Å². The Labute approximate surface area is 176 Å². The highest BCUT2D eigenvalue weighted by atomic mass is 35.5. The molecule has 0 atom stereocenters. The number of aromatic nitrogens is 2. The van der Waals surface area contributed by atoms with Crippen LogP contribution in [0.15, 0.2) is 47.0 Å². The third kappa shape index (κ3) is 6.37. The zero-order valence-electron chi connectivity index (χ0n) is 16.8. The first-order valence-electron chi connectivity index (χ1n) is 9.11. The van der Waals surface area contributed by atoms with Crippen LogP contribution in [0, 0.1) is 6.92 Å². The van der Waals surface area contributed by atoms with Gasteiger partial charge in [-0.05, 0) is 49.2 Å². The molecule has 0 saturated heterocycles. The number of halogens is 1. The largest absolute Gasteiger partial charge is 0.496 e. The average molecular weight is 420 g/mol. The third-order valence-electron chi connectivity index (χ3n) is 4.24. The van der Waals surface area contributed by atoms with Gasteiger partial charge in [0, 0.05) is 6.54 Å². The molecular weight excluding hydrogens is 394 g/mol. The highest BCUT2D eigenvalue weighted by Crippen LogP contribution is 2.28. The van der Waals surface area contributed by atoms with Gasteiger partial charge in [-0.1, -0.05) is 29.4 Å². The van der Waals surface area contributed by atoms with Crippen LogP contribution in [0.1, 0.15) is 22.8 Å². The van der Waals surface area contributed by atoms with Crippen molar-refractivity contribution in [2.75, 3.05) is 20.8 Å². The Morgan fingerprint density at radius 2 is 1.79 bits per heavy atom. The molecule has 1 aromatic heterocycles. The maximum atomic E-state index is 5.74. The number of para-hydroxylation sites is 1. The molecule has 3 rings (SSSR count). The van der Waals surface area contributed by atoms with Crippen molar-refractivity contribution in [2.45, 2.75) is 26.5 Å². The van der Waals surface area contributed by atoms with E-state index in [1.165, 1.54) is 5.56 Å². The van der Waals surface area contributed by atoms with Gasteiger partial charge in [-0.2, -0.15) is 4.98 Å². The minimum absolute atomic E-state index is 0. The first-order chi connectivity index (χ1) is 13.7. The van der Waals surface area contributed by atoms with Gasteiger partial charge in [0.1, 0.15) is 5.75 Å². The summed E-state index contributed by atoms with van der Waals surface area (Å²) in [6.07, 6.45) is 0.895. The first-order valence-corrected chi connectivity index (χ1v) is 9.11. The van der Waals surface area contributed by atoms with Crippen molar-refractivity contribution in [3.63, 3.8) is 0 Å². The lowest BCUT2D eigenvalue weighted by atomic mass is 10.1. The highest BCUT2D eigenvalue weighted by Gasteiger charge is 2.09. The van der Waals surface area contributed by atoms with Gasteiger partial charge in [-0.3, -0.25) is 0 Å². The molecule has 3 aromatic rings. The summed E-state index contributed by atoms with van der Waals surface area (Å²) in [6, 6.07) is 13.9. The Kier molecular flexibility index (Phi) is 8.76. The van der Waals surface area contributed by atoms with Crippen LogP contribution in [0.25, 0.3) is 0 Å². The molecule has 2 aromatic carbocycles. The van der Waals surface area contributed by atoms with E-state index in [4.69, 9.17) is 18.7 Å². The number of nitrogens with zero attached hydrogens (tertiary/aromatic N) is 2. The Balaban J connectivity index is 0.00000300. The van der Waals surface area contributed by atoms with Gasteiger partial charge in [-0.15, -0.1) is 12.4 Å². The lowest BCUT2D eigenvalue weighted by Gasteiger charge is -2.12. The summed E-state index contributed by atoms with van der Waals surface area (Å²) < 4.78 is 21.6. The molecule has 0 unspecified atom stereocenters. The molecule has 0 aliphatic heterocycles. The van der Waals surface area contributed by atoms with E-state index in [9.17, 15) is 0 Å². The van der Waals surface area contributed by atoms with Gasteiger partial charge in [-0.25, -0.2) is 0 Å². The maximum absolute atomic E-state index is 5.74. The normalized spacial score (nSPS) is 10.3. The number of benzene rings is 2. The van der Waals surface area contributed by atoms with Crippen molar-refractivity contribution in [3.8, 4) is 17.2 Å². The number of hydrogen-bond acceptors (Lipinski definition) is 7. The van der Waals surface area contributed by atoms with Crippen LogP contribution < -0.4 is 19.5 Å². The van der Waals surface area contributed by atoms with E-state index in [1.54, 1.807) is 21.1 Å². The van der Waals surface area contributed by atoms with E-state index in [0.717, 1.165) is 30.8 Å². The molecule has 8 heteroatoms. The van der Waals surface area contributed by atoms with Crippen LogP contribution in [0.5, 0.6) is 17.2 Å². The number of methoxy groups -OCH3 is 2. The zero-order valence-corrected chi connectivity index (χ0v) is 17.6. The van der Waals surface area contributed by atoms with Crippen LogP contribution in [-0.2, 0) is 19.6 Å². The Bertz CT molecular complexity index is 901. The minimum Gasteiger partial charge on any atom is -0.496 e. The molecule has 0 bridgehead atoms. The van der Waals surface area contributed by atoms with E-state index >= 15 is 0 Å². The van der Waals surface area contributed by atoms with Crippen molar-refractivity contribution in [1.29, 1.82) is 0 Å². The van der Waals surface area contributed by atoms with Gasteiger partial charge in [0.25, 0.3) is 5.89 Å². The third-order valence-corrected chi connectivity index (χ3v) is 4.24. The van der Waals surface area contributed by atoms with E-state index in [0.29, 0.717) is 23.2 Å². The molecule has 29 heavy (non-hydrogen) atoms. The minimum atomic E-state index is 0. The molecule has 0 aliphatic carbocycles. The van der Waals surface area contributed by atoms with Crippen LogP contribution >= 0.6 is 12.4 Å². The fraction of sp³-hybridized carbons (Fsp3) is 0.333. The van der Waals surface area contributed by atoms with Crippen LogP contribution in [0.2, 0.25) is 0 Å². The molecule has 0 aliphatic rings. The Hall–Kier alpha value is -2.77. The zero-order chi connectivity index (χ0) is 19.8. The van der Waals surface area contributed by atoms with E-state index in [-0.39, 0.29) is 19.0 Å². The fourth-order valence-electron chi connectivity index (χ4n) is 2.84. The molecule has 156 valence electrons. The smallest absolute Gasteiger partial charge is 0.264 e. The molecule has 7 nitrogen and oxygen atoms in total. The second-order valence-electron chi connectivity index (χ2n) is 6.25. The predicted octanol–water partition coefficient (Wildman–Crippen LogP) is 3.73. The molecule has 1 N–H and O–H groups in total. The van der Waals surface area contributed by atoms with Crippen molar-refractivity contribution in [1.82, 2.24) is 15.5 Å². The molecule has 0 amide bonds. The summed E-state index contributed by atoms with van der Waals surface area (Å²) in [6.45, 7) is 3.54. The monoisotopic (exact) mass is 419 g/mol. The van der Waals surface area contributed by atoms with Gasteiger partial charge >= 0.3 is 0 Å². The summed E-state index contributed by atoms with van der Waals surface area (Å²) in [4.78, 5) is 4.12. The number of aryl methyl sites for hydroxylation is 1. The molecule has 0 saturated carbocycles. The summed E-state index contributed by atoms with van der Waals surface area (Å²) in [7, 11) is 3.32. The number of hydrogen-bond donors (Lipinski definition) is 1. The standard InChI is InChI=1S/C21H25N3O4.ClH/c1-15-23-21(28-24-15)14-27-19-9-8-16(12-20(19)26-3)13-22-11-10-17-6-4-5-7-18(17)25-2;/h4-9,12,22H,10-11,13-14H2,1-3H3;1H. The van der Waals surface area contributed by atoms with Crippen molar-refractivity contribution in [2.24, 2.45) is 0 Å². The van der Waals surface area contributed by atoms with Gasteiger partial charge in [0.2, 0.25) is 0 Å². The van der Waals surface area contributed by atoms with Crippen molar-refractivity contribution < 1.29 is 18.7 Å². The van der Waals surface area contributed by atoms with E-state index < -0.39 is 0 Å². The topological polar surface area (TPSA) is 78.6 Å². The SMILES string of the molecule is COc1ccccc1CCNCc1ccc(OCc2nc(C)no2)c(OC)c1.Cl. The number of ether oxygens (including phenoxy) is 3. The quantitative estimate of drug-likeness (QED) is 0.501. The number of rotatable bonds is 10. The molecule has 1 heterocycles. The lowest BCUT2D eigenvalue weighted by molar-refractivity contribution is 0.233. The molecule has 0 radical (unpaired) electrons. The number of nitrogens with one attached hydrogen (secondary N) is 1. The highest BCUT2D eigenvalue weighted by molar-refractivity contribution is 5.85. The summed E-state index contributed by atoms with van der Waals surface area (Å²) in [5.41, 5.74) is 2.30. The summed E-state index contributed by atoms with van der Waals surface area (Å²) >= 11 is 0. The fourth-order valence-corrected chi connectivity index (χ4v) is 2.84. The van der Waals surface area contributed by atoms with Gasteiger partial charge < -0.3 is 24.1 Å². The molecular formula is C21H26ClN3O4. The van der Waals surface area contributed by atoms with Gasteiger partial charge in [0.15, 0.2) is 23.9 Å². The Morgan fingerprint density at radius 1 is 1.00 bits per heavy atom. The molecule has 0 fully saturated rings. The second-order valence-corrected chi connectivity index (χ2v) is 6.25. The predicted molar refractivity (Wildman–Crippen MR) is 112 cm³/mol. The maximum Gasteiger partial charge on any atom is 0.264 e. The van der Waals surface area contributed by atoms with Crippen molar-refractivity contribution in [3.05, 3.63) is 65.3 Å². The average Bonchev–Trinajstić information content (AvgIpc) is 3.15. The lowest BCUT2D eigenvalue weighted by Crippen LogP contribution is -2.17. The second kappa shape index (κ2) is 11.3. The van der Waals surface area contributed by atoms with Crippen LogP contribution in [0.3, 0.4) is 0 Å².